The summed E-state index contributed by atoms with van der Waals surface area (Å²) in [6, 6.07) is 2.16. The van der Waals surface area contributed by atoms with Gasteiger partial charge in [-0.2, -0.15) is 0 Å². The maximum Gasteiger partial charge on any atom is 0.143 e. The molecular formula is C14H20BrN3. The third kappa shape index (κ3) is 1.77. The number of pyridine rings is 1. The van der Waals surface area contributed by atoms with E-state index in [4.69, 9.17) is 0 Å². The third-order valence-corrected chi connectivity index (χ3v) is 5.16. The monoisotopic (exact) mass is 309 g/mol. The van der Waals surface area contributed by atoms with Crippen molar-refractivity contribution >= 4 is 21.7 Å². The summed E-state index contributed by atoms with van der Waals surface area (Å²) >= 11 is 3.67. The standard InChI is InChI=1S/C14H20BrN3/c1-9-4-12(15)13(17-5-9)18-8-10-6-16-7-11(10)14(18,2)3/h4-5,10-11,16H,6-8H2,1-3H3. The Hall–Kier alpha value is -0.610. The van der Waals surface area contributed by atoms with Crippen LogP contribution in [0.5, 0.6) is 0 Å². The number of nitrogens with one attached hydrogen (secondary N) is 1. The van der Waals surface area contributed by atoms with Crippen LogP contribution in [0.1, 0.15) is 19.4 Å². The van der Waals surface area contributed by atoms with Crippen LogP contribution >= 0.6 is 15.9 Å². The van der Waals surface area contributed by atoms with E-state index in [1.807, 2.05) is 6.20 Å². The highest BCUT2D eigenvalue weighted by Gasteiger charge is 2.50. The Balaban J connectivity index is 1.97. The van der Waals surface area contributed by atoms with E-state index in [-0.39, 0.29) is 5.54 Å². The van der Waals surface area contributed by atoms with Gasteiger partial charge in [0.15, 0.2) is 0 Å². The predicted octanol–water partition coefficient (Wildman–Crippen LogP) is 2.59. The third-order valence-electron chi connectivity index (χ3n) is 4.57. The van der Waals surface area contributed by atoms with Gasteiger partial charge in [-0.3, -0.25) is 0 Å². The second kappa shape index (κ2) is 4.20. The zero-order chi connectivity index (χ0) is 12.9. The van der Waals surface area contributed by atoms with E-state index >= 15 is 0 Å². The van der Waals surface area contributed by atoms with E-state index in [0.717, 1.165) is 41.8 Å². The van der Waals surface area contributed by atoms with Crippen LogP contribution < -0.4 is 10.2 Å². The highest BCUT2D eigenvalue weighted by atomic mass is 79.9. The van der Waals surface area contributed by atoms with Crippen molar-refractivity contribution in [2.24, 2.45) is 11.8 Å². The van der Waals surface area contributed by atoms with Crippen LogP contribution in [0.25, 0.3) is 0 Å². The molecule has 0 spiro atoms. The van der Waals surface area contributed by atoms with Crippen molar-refractivity contribution in [2.75, 3.05) is 24.5 Å². The lowest BCUT2D eigenvalue weighted by molar-refractivity contribution is 0.356. The molecule has 1 aromatic rings. The molecule has 0 aromatic carbocycles. The van der Waals surface area contributed by atoms with E-state index in [1.165, 1.54) is 5.56 Å². The average Bonchev–Trinajstić information content (AvgIpc) is 2.82. The Morgan fingerprint density at radius 2 is 2.22 bits per heavy atom. The molecule has 2 saturated heterocycles. The van der Waals surface area contributed by atoms with Crippen LogP contribution in [0.2, 0.25) is 0 Å². The van der Waals surface area contributed by atoms with E-state index in [2.05, 4.69) is 58.0 Å². The number of halogens is 1. The van der Waals surface area contributed by atoms with Crippen molar-refractivity contribution < 1.29 is 0 Å². The minimum atomic E-state index is 0.180. The molecule has 2 unspecified atom stereocenters. The smallest absolute Gasteiger partial charge is 0.143 e. The van der Waals surface area contributed by atoms with Gasteiger partial charge in [0, 0.05) is 31.4 Å². The molecule has 3 nitrogen and oxygen atoms in total. The van der Waals surface area contributed by atoms with Gasteiger partial charge in [-0.1, -0.05) is 0 Å². The number of hydrogen-bond donors (Lipinski definition) is 1. The summed E-state index contributed by atoms with van der Waals surface area (Å²) in [7, 11) is 0. The first-order valence-electron chi connectivity index (χ1n) is 6.60. The predicted molar refractivity (Wildman–Crippen MR) is 77.9 cm³/mol. The molecule has 1 aromatic heterocycles. The Labute approximate surface area is 117 Å². The van der Waals surface area contributed by atoms with Crippen LogP contribution in [-0.4, -0.2) is 30.2 Å². The van der Waals surface area contributed by atoms with Crippen molar-refractivity contribution in [2.45, 2.75) is 26.3 Å². The van der Waals surface area contributed by atoms with Crippen molar-refractivity contribution in [3.8, 4) is 0 Å². The second-order valence-electron chi connectivity index (χ2n) is 6.11. The highest BCUT2D eigenvalue weighted by molar-refractivity contribution is 9.10. The van der Waals surface area contributed by atoms with Gasteiger partial charge in [0.1, 0.15) is 5.82 Å². The zero-order valence-electron chi connectivity index (χ0n) is 11.2. The molecule has 3 heterocycles. The first-order valence-corrected chi connectivity index (χ1v) is 7.40. The Morgan fingerprint density at radius 3 is 2.89 bits per heavy atom. The second-order valence-corrected chi connectivity index (χ2v) is 6.96. The number of nitrogens with zero attached hydrogens (tertiary/aromatic N) is 2. The molecule has 18 heavy (non-hydrogen) atoms. The van der Waals surface area contributed by atoms with Gasteiger partial charge < -0.3 is 10.2 Å². The molecule has 3 rings (SSSR count). The van der Waals surface area contributed by atoms with Gasteiger partial charge >= 0.3 is 0 Å². The molecule has 0 amide bonds. The average molecular weight is 310 g/mol. The fourth-order valence-corrected chi connectivity index (χ4v) is 4.18. The number of aromatic nitrogens is 1. The lowest BCUT2D eigenvalue weighted by Crippen LogP contribution is -2.45. The molecule has 2 aliphatic heterocycles. The van der Waals surface area contributed by atoms with Crippen molar-refractivity contribution in [3.05, 3.63) is 22.3 Å². The Kier molecular flexibility index (Phi) is 2.90. The Morgan fingerprint density at radius 1 is 1.44 bits per heavy atom. The molecule has 0 bridgehead atoms. The van der Waals surface area contributed by atoms with Crippen LogP contribution in [0.15, 0.2) is 16.7 Å². The highest BCUT2D eigenvalue weighted by Crippen LogP contribution is 2.44. The van der Waals surface area contributed by atoms with E-state index in [1.54, 1.807) is 0 Å². The zero-order valence-corrected chi connectivity index (χ0v) is 12.8. The van der Waals surface area contributed by atoms with E-state index in [9.17, 15) is 0 Å². The molecule has 1 N–H and O–H groups in total. The van der Waals surface area contributed by atoms with Gasteiger partial charge in [0.25, 0.3) is 0 Å². The number of aryl methyl sites for hydroxylation is 1. The molecule has 0 aliphatic carbocycles. The lowest BCUT2D eigenvalue weighted by Gasteiger charge is -2.37. The number of anilines is 1. The van der Waals surface area contributed by atoms with E-state index < -0.39 is 0 Å². The summed E-state index contributed by atoms with van der Waals surface area (Å²) in [5, 5.41) is 3.52. The SMILES string of the molecule is Cc1cnc(N2CC3CNCC3C2(C)C)c(Br)c1. The van der Waals surface area contributed by atoms with Gasteiger partial charge in [0.2, 0.25) is 0 Å². The molecular weight excluding hydrogens is 290 g/mol. The van der Waals surface area contributed by atoms with Gasteiger partial charge in [-0.25, -0.2) is 4.98 Å². The molecule has 2 aliphatic rings. The summed E-state index contributed by atoms with van der Waals surface area (Å²) in [5.74, 6) is 2.59. The first kappa shape index (κ1) is 12.4. The Bertz CT molecular complexity index is 472. The van der Waals surface area contributed by atoms with Gasteiger partial charge in [0.05, 0.1) is 4.47 Å². The lowest BCUT2D eigenvalue weighted by atomic mass is 9.85. The summed E-state index contributed by atoms with van der Waals surface area (Å²) in [5.41, 5.74) is 1.38. The van der Waals surface area contributed by atoms with Gasteiger partial charge in [-0.05, 0) is 60.2 Å². The van der Waals surface area contributed by atoms with Crippen LogP contribution in [0, 0.1) is 18.8 Å². The van der Waals surface area contributed by atoms with Gasteiger partial charge in [-0.15, -0.1) is 0 Å². The van der Waals surface area contributed by atoms with Crippen molar-refractivity contribution in [3.63, 3.8) is 0 Å². The topological polar surface area (TPSA) is 28.2 Å². The minimum absolute atomic E-state index is 0.180. The maximum absolute atomic E-state index is 4.64. The molecule has 2 atom stereocenters. The summed E-state index contributed by atoms with van der Waals surface area (Å²) in [6.07, 6.45) is 1.96. The number of hydrogen-bond acceptors (Lipinski definition) is 3. The van der Waals surface area contributed by atoms with E-state index in [0.29, 0.717) is 0 Å². The molecule has 0 radical (unpaired) electrons. The van der Waals surface area contributed by atoms with Crippen molar-refractivity contribution in [1.29, 1.82) is 0 Å². The fraction of sp³-hybridized carbons (Fsp3) is 0.643. The molecule has 0 saturated carbocycles. The molecule has 2 fully saturated rings. The number of fused-ring (bicyclic) bond motifs is 1. The normalized spacial score (nSPS) is 29.7. The van der Waals surface area contributed by atoms with Crippen LogP contribution in [0.3, 0.4) is 0 Å². The minimum Gasteiger partial charge on any atom is -0.350 e. The summed E-state index contributed by atoms with van der Waals surface area (Å²) in [4.78, 5) is 7.12. The van der Waals surface area contributed by atoms with Crippen molar-refractivity contribution in [1.82, 2.24) is 10.3 Å². The quantitative estimate of drug-likeness (QED) is 0.864. The summed E-state index contributed by atoms with van der Waals surface area (Å²) in [6.45, 7) is 10.2. The first-order chi connectivity index (χ1) is 8.50. The largest absolute Gasteiger partial charge is 0.350 e. The number of rotatable bonds is 1. The maximum atomic E-state index is 4.64. The van der Waals surface area contributed by atoms with Crippen LogP contribution in [0.4, 0.5) is 5.82 Å². The summed E-state index contributed by atoms with van der Waals surface area (Å²) < 4.78 is 1.11. The van der Waals surface area contributed by atoms with Crippen LogP contribution in [-0.2, 0) is 0 Å². The molecule has 98 valence electrons. The molecule has 4 heteroatoms. The fourth-order valence-electron chi connectivity index (χ4n) is 3.51.